The minimum absolute atomic E-state index is 0.0163. The Bertz CT molecular complexity index is 1490. The molecule has 3 aromatic rings. The lowest BCUT2D eigenvalue weighted by atomic mass is 10.1. The molecule has 11 N–H and O–H groups in total. The van der Waals surface area contributed by atoms with E-state index in [1.54, 1.807) is 6.07 Å². The number of benzene rings is 3. The average Bonchev–Trinajstić information content (AvgIpc) is 3.01. The highest BCUT2D eigenvalue weighted by atomic mass is 32.2. The van der Waals surface area contributed by atoms with Crippen molar-refractivity contribution in [3.05, 3.63) is 65.2 Å². The number of nitrogens with two attached hydrogens (primary N) is 4. The molecule has 2 amide bonds. The Morgan fingerprint density at radius 1 is 0.723 bits per heavy atom. The van der Waals surface area contributed by atoms with E-state index in [-0.39, 0.29) is 65.4 Å². The second kappa shape index (κ2) is 17.7. The zero-order valence-corrected chi connectivity index (χ0v) is 26.8. The molecule has 0 fully saturated rings. The van der Waals surface area contributed by atoms with E-state index in [2.05, 4.69) is 16.0 Å². The van der Waals surface area contributed by atoms with Crippen molar-refractivity contribution in [3.63, 3.8) is 0 Å². The number of urea groups is 1. The van der Waals surface area contributed by atoms with Crippen LogP contribution in [0.2, 0.25) is 0 Å². The van der Waals surface area contributed by atoms with Crippen molar-refractivity contribution in [2.75, 3.05) is 60.2 Å². The van der Waals surface area contributed by atoms with Crippen LogP contribution in [0.1, 0.15) is 23.1 Å². The van der Waals surface area contributed by atoms with Gasteiger partial charge >= 0.3 is 18.4 Å². The number of hydrogen-bond acceptors (Lipinski definition) is 9. The van der Waals surface area contributed by atoms with Gasteiger partial charge in [0, 0.05) is 58.9 Å². The predicted octanol–water partition coefficient (Wildman–Crippen LogP) is 6.52. The van der Waals surface area contributed by atoms with E-state index in [0.717, 1.165) is 23.9 Å². The number of thioether (sulfide) groups is 2. The van der Waals surface area contributed by atoms with Gasteiger partial charge in [0.05, 0.1) is 16.8 Å². The minimum atomic E-state index is -4.68. The van der Waals surface area contributed by atoms with Crippen molar-refractivity contribution in [1.29, 1.82) is 0 Å². The van der Waals surface area contributed by atoms with Gasteiger partial charge in [-0.3, -0.25) is 0 Å². The number of carbonyl (C=O) groups is 1. The molecule has 9 nitrogen and oxygen atoms in total. The lowest BCUT2D eigenvalue weighted by Gasteiger charge is -2.19. The first kappa shape index (κ1) is 38.1. The molecule has 0 saturated heterocycles. The van der Waals surface area contributed by atoms with E-state index < -0.39 is 29.5 Å². The van der Waals surface area contributed by atoms with Gasteiger partial charge in [-0.1, -0.05) is 0 Å². The summed E-state index contributed by atoms with van der Waals surface area (Å²) in [6, 6.07) is 9.43. The first-order valence-corrected chi connectivity index (χ1v) is 16.4. The number of aryl methyl sites for hydroxylation is 1. The third-order valence-corrected chi connectivity index (χ3v) is 8.52. The number of ether oxygens (including phenoxy) is 1. The monoisotopic (exact) mass is 705 g/mol. The highest BCUT2D eigenvalue weighted by Gasteiger charge is 2.35. The molecule has 0 atom stereocenters. The summed E-state index contributed by atoms with van der Waals surface area (Å²) in [6.07, 6.45) is -8.48. The third kappa shape index (κ3) is 11.4. The first-order valence-electron chi connectivity index (χ1n) is 14.5. The van der Waals surface area contributed by atoms with Crippen LogP contribution in [0.5, 0.6) is 11.5 Å². The molecule has 0 saturated carbocycles. The standard InChI is InChI=1S/C30H37F6N7O2S2/c31-29(32,33)21-15-20(4-5-23(21)41-11-8-38)45-25-6-3-19(14-18(25)2-1-7-37)42-28(44)43-24-16-22(30(34,35)36)26(46-12-9-39)17-27(24)47-13-10-40/h3-6,14-17,41H,1-2,7-13,37-40H2,(H2,42,43,44). The Morgan fingerprint density at radius 3 is 2.02 bits per heavy atom. The highest BCUT2D eigenvalue weighted by molar-refractivity contribution is 8.00. The molecule has 0 aliphatic carbocycles. The fourth-order valence-electron chi connectivity index (χ4n) is 4.30. The number of anilines is 3. The summed E-state index contributed by atoms with van der Waals surface area (Å²) in [7, 11) is 0. The van der Waals surface area contributed by atoms with Crippen LogP contribution in [0.15, 0.2) is 58.3 Å². The molecule has 3 aromatic carbocycles. The van der Waals surface area contributed by atoms with Crippen LogP contribution in [-0.4, -0.2) is 50.3 Å². The summed E-state index contributed by atoms with van der Waals surface area (Å²) in [5.41, 5.74) is 21.0. The quantitative estimate of drug-likeness (QED) is 0.0649. The molecular weight excluding hydrogens is 668 g/mol. The van der Waals surface area contributed by atoms with E-state index in [9.17, 15) is 31.1 Å². The average molecular weight is 706 g/mol. The van der Waals surface area contributed by atoms with Crippen molar-refractivity contribution in [1.82, 2.24) is 0 Å². The summed E-state index contributed by atoms with van der Waals surface area (Å²) in [5.74, 6) is 0.830. The molecule has 3 rings (SSSR count). The molecule has 0 bridgehead atoms. The van der Waals surface area contributed by atoms with Gasteiger partial charge in [0.2, 0.25) is 0 Å². The van der Waals surface area contributed by atoms with Gasteiger partial charge in [0.1, 0.15) is 11.5 Å². The number of rotatable bonds is 16. The van der Waals surface area contributed by atoms with Crippen LogP contribution in [0.25, 0.3) is 0 Å². The van der Waals surface area contributed by atoms with Gasteiger partial charge < -0.3 is 43.6 Å². The topological polar surface area (TPSA) is 166 Å². The van der Waals surface area contributed by atoms with Gasteiger partial charge in [0.15, 0.2) is 0 Å². The maximum absolute atomic E-state index is 13.9. The lowest BCUT2D eigenvalue weighted by Crippen LogP contribution is -2.21. The van der Waals surface area contributed by atoms with E-state index in [4.69, 9.17) is 27.7 Å². The van der Waals surface area contributed by atoms with Gasteiger partial charge in [-0.15, -0.1) is 23.5 Å². The van der Waals surface area contributed by atoms with Crippen LogP contribution >= 0.6 is 23.5 Å². The van der Waals surface area contributed by atoms with Crippen molar-refractivity contribution >= 4 is 46.6 Å². The molecule has 0 unspecified atom stereocenters. The summed E-state index contributed by atoms with van der Waals surface area (Å²) >= 11 is 2.16. The molecule has 0 heterocycles. The normalized spacial score (nSPS) is 11.8. The highest BCUT2D eigenvalue weighted by Crippen LogP contribution is 2.43. The molecule has 258 valence electrons. The molecule has 0 spiro atoms. The second-order valence-electron chi connectivity index (χ2n) is 9.93. The number of alkyl halides is 6. The Kier molecular flexibility index (Phi) is 14.4. The number of halogens is 6. The summed E-state index contributed by atoms with van der Waals surface area (Å²) in [4.78, 5) is 13.4. The van der Waals surface area contributed by atoms with Crippen LogP contribution < -0.4 is 43.6 Å². The SMILES string of the molecule is NCCCc1cc(NC(=O)Nc2cc(C(F)(F)F)c(SCCN)cc2SCCN)ccc1Oc1ccc(NCCN)c(C(F)(F)F)c1. The minimum Gasteiger partial charge on any atom is -0.457 e. The Hall–Kier alpha value is -3.35. The van der Waals surface area contributed by atoms with Gasteiger partial charge in [-0.25, -0.2) is 4.79 Å². The summed E-state index contributed by atoms with van der Waals surface area (Å²) in [5, 5.41) is 7.76. The second-order valence-corrected chi connectivity index (χ2v) is 12.2. The van der Waals surface area contributed by atoms with Gasteiger partial charge in [-0.05, 0) is 73.5 Å². The number of carbonyl (C=O) groups excluding carboxylic acids is 1. The Morgan fingerprint density at radius 2 is 1.40 bits per heavy atom. The van der Waals surface area contributed by atoms with Gasteiger partial charge in [0.25, 0.3) is 0 Å². The van der Waals surface area contributed by atoms with Crippen LogP contribution in [0, 0.1) is 0 Å². The predicted molar refractivity (Wildman–Crippen MR) is 177 cm³/mol. The third-order valence-electron chi connectivity index (χ3n) is 6.34. The summed E-state index contributed by atoms with van der Waals surface area (Å²) in [6.45, 7) is 1.03. The van der Waals surface area contributed by atoms with Crippen molar-refractivity contribution in [2.24, 2.45) is 22.9 Å². The molecule has 0 aliphatic rings. The Balaban J connectivity index is 1.88. The molecule has 0 radical (unpaired) electrons. The molecule has 0 aromatic heterocycles. The van der Waals surface area contributed by atoms with E-state index >= 15 is 0 Å². The number of nitrogens with one attached hydrogen (secondary N) is 3. The first-order chi connectivity index (χ1) is 22.3. The van der Waals surface area contributed by atoms with E-state index in [1.165, 1.54) is 42.1 Å². The van der Waals surface area contributed by atoms with Crippen molar-refractivity contribution in [2.45, 2.75) is 35.0 Å². The van der Waals surface area contributed by atoms with Crippen molar-refractivity contribution in [3.8, 4) is 11.5 Å². The zero-order chi connectivity index (χ0) is 34.6. The molecule has 47 heavy (non-hydrogen) atoms. The van der Waals surface area contributed by atoms with E-state index in [0.29, 0.717) is 35.6 Å². The Labute approximate surface area is 276 Å². The molecular formula is C30H37F6N7O2S2. The van der Waals surface area contributed by atoms with Gasteiger partial charge in [-0.2, -0.15) is 26.3 Å². The molecule has 0 aliphatic heterocycles. The fourth-order valence-corrected chi connectivity index (χ4v) is 6.04. The lowest BCUT2D eigenvalue weighted by molar-refractivity contribution is -0.140. The summed E-state index contributed by atoms with van der Waals surface area (Å²) < 4.78 is 88.9. The smallest absolute Gasteiger partial charge is 0.418 e. The van der Waals surface area contributed by atoms with Crippen LogP contribution in [0.4, 0.5) is 48.2 Å². The molecule has 17 heteroatoms. The number of amides is 2. The van der Waals surface area contributed by atoms with E-state index in [1.807, 2.05) is 0 Å². The maximum Gasteiger partial charge on any atom is 0.418 e. The number of hydrogen-bond donors (Lipinski definition) is 7. The zero-order valence-electron chi connectivity index (χ0n) is 25.2. The fraction of sp³-hybridized carbons (Fsp3) is 0.367. The van der Waals surface area contributed by atoms with Crippen molar-refractivity contribution < 1.29 is 35.9 Å². The van der Waals surface area contributed by atoms with Crippen LogP contribution in [-0.2, 0) is 18.8 Å². The van der Waals surface area contributed by atoms with Crippen LogP contribution in [0.3, 0.4) is 0 Å². The maximum atomic E-state index is 13.9. The largest absolute Gasteiger partial charge is 0.457 e.